The van der Waals surface area contributed by atoms with Gasteiger partial charge in [0, 0.05) is 12.2 Å². The summed E-state index contributed by atoms with van der Waals surface area (Å²) in [4.78, 5) is 0. The third kappa shape index (κ3) is 2.98. The molecule has 0 radical (unpaired) electrons. The molecule has 0 aliphatic heterocycles. The number of benzene rings is 2. The highest BCUT2D eigenvalue weighted by molar-refractivity contribution is 5.64. The maximum atomic E-state index is 5.97. The molecule has 112 valence electrons. The summed E-state index contributed by atoms with van der Waals surface area (Å²) >= 11 is 0. The molecule has 0 saturated heterocycles. The number of rotatable bonds is 5. The van der Waals surface area contributed by atoms with Crippen molar-refractivity contribution in [2.75, 3.05) is 5.73 Å². The number of anilines is 1. The van der Waals surface area contributed by atoms with Crippen LogP contribution < -0.4 is 10.5 Å². The van der Waals surface area contributed by atoms with Crippen LogP contribution in [0.4, 0.5) is 5.82 Å². The van der Waals surface area contributed by atoms with Gasteiger partial charge in [0.2, 0.25) is 0 Å². The van der Waals surface area contributed by atoms with Gasteiger partial charge in [-0.3, -0.25) is 0 Å². The highest BCUT2D eigenvalue weighted by atomic mass is 16.5. The zero-order valence-corrected chi connectivity index (χ0v) is 12.7. The summed E-state index contributed by atoms with van der Waals surface area (Å²) in [6.07, 6.45) is 0. The summed E-state index contributed by atoms with van der Waals surface area (Å²) in [5.74, 6) is 1.66. The smallest absolute Gasteiger partial charge is 0.119 e. The van der Waals surface area contributed by atoms with Gasteiger partial charge in [-0.2, -0.15) is 0 Å². The summed E-state index contributed by atoms with van der Waals surface area (Å²) in [5, 5.41) is 0. The van der Waals surface area contributed by atoms with Crippen molar-refractivity contribution in [3.8, 4) is 17.0 Å². The molecule has 0 unspecified atom stereocenters. The third-order valence-electron chi connectivity index (χ3n) is 3.73. The Balaban J connectivity index is 1.72. The molecular formula is C19H20N2O. The fraction of sp³-hybridized carbons (Fsp3) is 0.158. The van der Waals surface area contributed by atoms with E-state index in [9.17, 15) is 0 Å². The van der Waals surface area contributed by atoms with Crippen molar-refractivity contribution in [3.05, 3.63) is 72.3 Å². The summed E-state index contributed by atoms with van der Waals surface area (Å²) in [6, 6.07) is 22.3. The molecule has 3 aromatic rings. The molecule has 0 spiro atoms. The molecule has 0 fully saturated rings. The monoisotopic (exact) mass is 292 g/mol. The zero-order chi connectivity index (χ0) is 15.4. The van der Waals surface area contributed by atoms with Crippen LogP contribution in [0.3, 0.4) is 0 Å². The van der Waals surface area contributed by atoms with Crippen molar-refractivity contribution in [2.45, 2.75) is 20.1 Å². The van der Waals surface area contributed by atoms with E-state index in [1.165, 1.54) is 5.56 Å². The van der Waals surface area contributed by atoms with Crippen LogP contribution in [0.25, 0.3) is 11.3 Å². The minimum absolute atomic E-state index is 0.582. The Kier molecular flexibility index (Phi) is 4.15. The first kappa shape index (κ1) is 14.3. The number of nitrogen functional groups attached to an aromatic ring is 1. The molecule has 0 amide bonds. The van der Waals surface area contributed by atoms with Crippen LogP contribution in [0.2, 0.25) is 0 Å². The normalized spacial score (nSPS) is 10.6. The Bertz CT molecular complexity index is 730. The fourth-order valence-corrected chi connectivity index (χ4v) is 2.55. The standard InChI is InChI=1S/C19H20N2O/c1-2-21-18(12-13-19(21)20)16-8-10-17(11-9-16)22-14-15-6-4-3-5-7-15/h3-13H,2,14,20H2,1H3. The predicted octanol–water partition coefficient (Wildman–Crippen LogP) is 4.34. The second kappa shape index (κ2) is 6.39. The number of ether oxygens (including phenoxy) is 1. The minimum Gasteiger partial charge on any atom is -0.489 e. The molecule has 0 bridgehead atoms. The maximum Gasteiger partial charge on any atom is 0.119 e. The van der Waals surface area contributed by atoms with Crippen LogP contribution >= 0.6 is 0 Å². The quantitative estimate of drug-likeness (QED) is 0.760. The molecule has 0 saturated carbocycles. The molecular weight excluding hydrogens is 272 g/mol. The SMILES string of the molecule is CCn1c(N)ccc1-c1ccc(OCc2ccccc2)cc1. The van der Waals surface area contributed by atoms with E-state index in [-0.39, 0.29) is 0 Å². The van der Waals surface area contributed by atoms with Gasteiger partial charge in [-0.25, -0.2) is 0 Å². The number of aromatic nitrogens is 1. The molecule has 3 heteroatoms. The van der Waals surface area contributed by atoms with Gasteiger partial charge in [-0.15, -0.1) is 0 Å². The fourth-order valence-electron chi connectivity index (χ4n) is 2.55. The summed E-state index contributed by atoms with van der Waals surface area (Å²) < 4.78 is 7.91. The third-order valence-corrected chi connectivity index (χ3v) is 3.73. The first-order valence-corrected chi connectivity index (χ1v) is 7.50. The Labute approximate surface area is 131 Å². The topological polar surface area (TPSA) is 40.2 Å². The first-order chi connectivity index (χ1) is 10.8. The van der Waals surface area contributed by atoms with E-state index in [4.69, 9.17) is 10.5 Å². The molecule has 1 aromatic heterocycles. The first-order valence-electron chi connectivity index (χ1n) is 7.50. The summed E-state index contributed by atoms with van der Waals surface area (Å²) in [6.45, 7) is 3.54. The van der Waals surface area contributed by atoms with Gasteiger partial charge in [0.05, 0.1) is 0 Å². The predicted molar refractivity (Wildman–Crippen MR) is 90.7 cm³/mol. The van der Waals surface area contributed by atoms with Gasteiger partial charge < -0.3 is 15.0 Å². The number of nitrogens with zero attached hydrogens (tertiary/aromatic N) is 1. The van der Waals surface area contributed by atoms with Crippen LogP contribution in [-0.2, 0) is 13.2 Å². The highest BCUT2D eigenvalue weighted by Crippen LogP contribution is 2.26. The van der Waals surface area contributed by atoms with Crippen LogP contribution in [0.1, 0.15) is 12.5 Å². The Morgan fingerprint density at radius 2 is 1.64 bits per heavy atom. The molecule has 3 nitrogen and oxygen atoms in total. The van der Waals surface area contributed by atoms with Crippen LogP contribution in [0.15, 0.2) is 66.7 Å². The molecule has 0 aliphatic rings. The molecule has 3 rings (SSSR count). The van der Waals surface area contributed by atoms with Crippen molar-refractivity contribution < 1.29 is 4.74 Å². The molecule has 0 atom stereocenters. The van der Waals surface area contributed by atoms with Crippen LogP contribution in [-0.4, -0.2) is 4.57 Å². The zero-order valence-electron chi connectivity index (χ0n) is 12.7. The van der Waals surface area contributed by atoms with E-state index in [0.29, 0.717) is 6.61 Å². The average molecular weight is 292 g/mol. The lowest BCUT2D eigenvalue weighted by Crippen LogP contribution is -2.01. The van der Waals surface area contributed by atoms with Crippen molar-refractivity contribution >= 4 is 5.82 Å². The number of nitrogens with two attached hydrogens (primary N) is 1. The van der Waals surface area contributed by atoms with E-state index in [0.717, 1.165) is 29.4 Å². The second-order valence-electron chi connectivity index (χ2n) is 5.19. The Morgan fingerprint density at radius 1 is 0.909 bits per heavy atom. The summed E-state index contributed by atoms with van der Waals surface area (Å²) in [7, 11) is 0. The van der Waals surface area contributed by atoms with Gasteiger partial charge in [-0.1, -0.05) is 30.3 Å². The van der Waals surface area contributed by atoms with Gasteiger partial charge in [-0.05, 0) is 54.4 Å². The molecule has 1 heterocycles. The van der Waals surface area contributed by atoms with Gasteiger partial charge in [0.25, 0.3) is 0 Å². The average Bonchev–Trinajstić information content (AvgIpc) is 2.95. The van der Waals surface area contributed by atoms with Crippen molar-refractivity contribution in [2.24, 2.45) is 0 Å². The van der Waals surface area contributed by atoms with Crippen molar-refractivity contribution in [1.29, 1.82) is 0 Å². The lowest BCUT2D eigenvalue weighted by Gasteiger charge is -2.10. The second-order valence-corrected chi connectivity index (χ2v) is 5.19. The largest absolute Gasteiger partial charge is 0.489 e. The van der Waals surface area contributed by atoms with Crippen LogP contribution in [0.5, 0.6) is 5.75 Å². The lowest BCUT2D eigenvalue weighted by molar-refractivity contribution is 0.306. The Hall–Kier alpha value is -2.68. The van der Waals surface area contributed by atoms with Crippen LogP contribution in [0, 0.1) is 0 Å². The Morgan fingerprint density at radius 3 is 2.32 bits per heavy atom. The van der Waals surface area contributed by atoms with E-state index < -0.39 is 0 Å². The van der Waals surface area contributed by atoms with E-state index >= 15 is 0 Å². The van der Waals surface area contributed by atoms with Crippen molar-refractivity contribution in [3.63, 3.8) is 0 Å². The van der Waals surface area contributed by atoms with E-state index in [1.54, 1.807) is 0 Å². The van der Waals surface area contributed by atoms with E-state index in [2.05, 4.69) is 41.8 Å². The number of hydrogen-bond donors (Lipinski definition) is 1. The minimum atomic E-state index is 0.582. The molecule has 2 aromatic carbocycles. The molecule has 0 aliphatic carbocycles. The van der Waals surface area contributed by atoms with Gasteiger partial charge >= 0.3 is 0 Å². The van der Waals surface area contributed by atoms with Gasteiger partial charge in [0.1, 0.15) is 18.2 Å². The maximum absolute atomic E-state index is 5.97. The summed E-state index contributed by atoms with van der Waals surface area (Å²) in [5.41, 5.74) is 9.41. The highest BCUT2D eigenvalue weighted by Gasteiger charge is 2.06. The molecule has 2 N–H and O–H groups in total. The van der Waals surface area contributed by atoms with Gasteiger partial charge in [0.15, 0.2) is 0 Å². The number of hydrogen-bond acceptors (Lipinski definition) is 2. The van der Waals surface area contributed by atoms with E-state index in [1.807, 2.05) is 36.4 Å². The van der Waals surface area contributed by atoms with Crippen molar-refractivity contribution in [1.82, 2.24) is 4.57 Å². The lowest BCUT2D eigenvalue weighted by atomic mass is 10.1. The molecule has 22 heavy (non-hydrogen) atoms.